The lowest BCUT2D eigenvalue weighted by Gasteiger charge is -2.09. The van der Waals surface area contributed by atoms with E-state index in [0.717, 1.165) is 16.5 Å². The highest BCUT2D eigenvalue weighted by Gasteiger charge is 2.15. The number of ether oxygens (including phenoxy) is 2. The molecule has 0 saturated carbocycles. The van der Waals surface area contributed by atoms with Crippen LogP contribution in [-0.2, 0) is 0 Å². The maximum absolute atomic E-state index is 12.6. The molecule has 0 spiro atoms. The van der Waals surface area contributed by atoms with Crippen molar-refractivity contribution in [2.24, 2.45) is 0 Å². The molecule has 0 bridgehead atoms. The van der Waals surface area contributed by atoms with Crippen LogP contribution >= 0.6 is 0 Å². The number of benzene rings is 2. The fraction of sp³-hybridized carbons (Fsp3) is 0.100. The second kappa shape index (κ2) is 6.48. The smallest absolute Gasteiger partial charge is 0.333 e. The van der Waals surface area contributed by atoms with Gasteiger partial charge >= 0.3 is 5.69 Å². The van der Waals surface area contributed by atoms with Crippen molar-refractivity contribution in [1.82, 2.24) is 29.7 Å². The summed E-state index contributed by atoms with van der Waals surface area (Å²) in [7, 11) is 3.16. The third kappa shape index (κ3) is 2.71. The molecule has 0 saturated heterocycles. The van der Waals surface area contributed by atoms with Crippen molar-refractivity contribution >= 4 is 22.2 Å². The molecule has 0 amide bonds. The van der Waals surface area contributed by atoms with E-state index in [1.807, 2.05) is 30.3 Å². The zero-order valence-electron chi connectivity index (χ0n) is 15.6. The second-order valence-corrected chi connectivity index (χ2v) is 6.40. The van der Waals surface area contributed by atoms with Gasteiger partial charge in [-0.3, -0.25) is 10.1 Å². The molecule has 3 heterocycles. The topological polar surface area (TPSA) is 111 Å². The molecule has 5 rings (SSSR count). The SMILES string of the molecule is COc1ccc(-c2cnc3[nH]c(=O)n(-c4ccc5cn[nH]c5c4)c3n2)cc1OC. The summed E-state index contributed by atoms with van der Waals surface area (Å²) in [6.45, 7) is 0. The minimum absolute atomic E-state index is 0.316. The summed E-state index contributed by atoms with van der Waals surface area (Å²) in [5.41, 5.74) is 3.41. The molecule has 0 aliphatic carbocycles. The molecule has 0 aliphatic heterocycles. The van der Waals surface area contributed by atoms with Crippen LogP contribution in [0.25, 0.3) is 39.1 Å². The first-order valence-corrected chi connectivity index (χ1v) is 8.81. The van der Waals surface area contributed by atoms with Crippen LogP contribution in [0, 0.1) is 0 Å². The molecule has 9 heteroatoms. The molecule has 2 N–H and O–H groups in total. The third-order valence-electron chi connectivity index (χ3n) is 4.76. The second-order valence-electron chi connectivity index (χ2n) is 6.40. The van der Waals surface area contributed by atoms with E-state index in [2.05, 4.69) is 25.1 Å². The van der Waals surface area contributed by atoms with E-state index < -0.39 is 0 Å². The molecule has 5 aromatic rings. The van der Waals surface area contributed by atoms with Gasteiger partial charge < -0.3 is 9.47 Å². The zero-order chi connectivity index (χ0) is 20.0. The number of aromatic amines is 2. The molecule has 144 valence electrons. The average Bonchev–Trinajstić information content (AvgIpc) is 3.35. The van der Waals surface area contributed by atoms with E-state index in [9.17, 15) is 4.79 Å². The van der Waals surface area contributed by atoms with Crippen molar-refractivity contribution in [3.63, 3.8) is 0 Å². The molecule has 9 nitrogen and oxygen atoms in total. The lowest BCUT2D eigenvalue weighted by molar-refractivity contribution is 0.355. The minimum atomic E-state index is -0.316. The summed E-state index contributed by atoms with van der Waals surface area (Å²) in [5, 5.41) is 7.89. The Morgan fingerprint density at radius 3 is 2.69 bits per heavy atom. The van der Waals surface area contributed by atoms with Gasteiger partial charge in [0.15, 0.2) is 22.8 Å². The predicted octanol–water partition coefficient (Wildman–Crippen LogP) is 2.67. The fourth-order valence-electron chi connectivity index (χ4n) is 3.32. The van der Waals surface area contributed by atoms with E-state index in [1.165, 1.54) is 4.57 Å². The van der Waals surface area contributed by atoms with Crippen LogP contribution < -0.4 is 15.2 Å². The maximum Gasteiger partial charge on any atom is 0.333 e. The van der Waals surface area contributed by atoms with Gasteiger partial charge in [0.1, 0.15) is 0 Å². The lowest BCUT2D eigenvalue weighted by Crippen LogP contribution is -2.14. The summed E-state index contributed by atoms with van der Waals surface area (Å²) in [6, 6.07) is 11.1. The first kappa shape index (κ1) is 17.0. The van der Waals surface area contributed by atoms with Gasteiger partial charge in [0, 0.05) is 10.9 Å². The highest BCUT2D eigenvalue weighted by Crippen LogP contribution is 2.31. The van der Waals surface area contributed by atoms with Crippen LogP contribution in [-0.4, -0.2) is 43.9 Å². The fourth-order valence-corrected chi connectivity index (χ4v) is 3.32. The Kier molecular flexibility index (Phi) is 3.80. The van der Waals surface area contributed by atoms with Gasteiger partial charge in [-0.25, -0.2) is 19.3 Å². The molecule has 0 aliphatic rings. The van der Waals surface area contributed by atoms with Crippen molar-refractivity contribution < 1.29 is 9.47 Å². The number of aromatic nitrogens is 6. The number of nitrogens with one attached hydrogen (secondary N) is 2. The van der Waals surface area contributed by atoms with E-state index in [0.29, 0.717) is 34.2 Å². The summed E-state index contributed by atoms with van der Waals surface area (Å²) < 4.78 is 12.2. The first-order chi connectivity index (χ1) is 14.2. The molecule has 0 radical (unpaired) electrons. The number of hydrogen-bond donors (Lipinski definition) is 2. The van der Waals surface area contributed by atoms with E-state index in [1.54, 1.807) is 32.7 Å². The van der Waals surface area contributed by atoms with Crippen LogP contribution in [0.1, 0.15) is 0 Å². The molecule has 2 aromatic carbocycles. The summed E-state index contributed by atoms with van der Waals surface area (Å²) in [6.07, 6.45) is 3.34. The Bertz CT molecular complexity index is 1420. The predicted molar refractivity (Wildman–Crippen MR) is 108 cm³/mol. The lowest BCUT2D eigenvalue weighted by atomic mass is 10.1. The van der Waals surface area contributed by atoms with Gasteiger partial charge in [0.2, 0.25) is 0 Å². The number of rotatable bonds is 4. The van der Waals surface area contributed by atoms with Gasteiger partial charge in [0.05, 0.1) is 43.5 Å². The van der Waals surface area contributed by atoms with Gasteiger partial charge in [0.25, 0.3) is 0 Å². The van der Waals surface area contributed by atoms with E-state index >= 15 is 0 Å². The van der Waals surface area contributed by atoms with Crippen LogP contribution in [0.15, 0.2) is 53.6 Å². The Morgan fingerprint density at radius 1 is 1.00 bits per heavy atom. The quantitative estimate of drug-likeness (QED) is 0.490. The standard InChI is InChI=1S/C20H16N6O3/c1-28-16-6-4-11(7-17(16)29-2)15-10-21-18-19(23-15)26(20(27)24-18)13-5-3-12-9-22-25-14(12)8-13/h3-10H,1-2H3,(H,22,25)(H,21,24,27). The van der Waals surface area contributed by atoms with Crippen LogP contribution in [0.2, 0.25) is 0 Å². The number of methoxy groups -OCH3 is 2. The van der Waals surface area contributed by atoms with Crippen LogP contribution in [0.4, 0.5) is 0 Å². The number of hydrogen-bond acceptors (Lipinski definition) is 6. The molecule has 0 fully saturated rings. The van der Waals surface area contributed by atoms with Gasteiger partial charge in [-0.05, 0) is 36.4 Å². The Labute approximate surface area is 164 Å². The molecular weight excluding hydrogens is 372 g/mol. The highest BCUT2D eigenvalue weighted by atomic mass is 16.5. The van der Waals surface area contributed by atoms with Crippen molar-refractivity contribution in [2.45, 2.75) is 0 Å². The third-order valence-corrected chi connectivity index (χ3v) is 4.76. The Hall–Kier alpha value is -4.14. The Morgan fingerprint density at radius 2 is 1.86 bits per heavy atom. The molecule has 3 aromatic heterocycles. The normalized spacial score (nSPS) is 11.2. The number of imidazole rings is 1. The summed E-state index contributed by atoms with van der Waals surface area (Å²) in [5.74, 6) is 1.21. The van der Waals surface area contributed by atoms with Crippen LogP contribution in [0.3, 0.4) is 0 Å². The monoisotopic (exact) mass is 388 g/mol. The van der Waals surface area contributed by atoms with Crippen molar-refractivity contribution in [1.29, 1.82) is 0 Å². The van der Waals surface area contributed by atoms with Crippen molar-refractivity contribution in [3.8, 4) is 28.4 Å². The zero-order valence-corrected chi connectivity index (χ0v) is 15.6. The van der Waals surface area contributed by atoms with Gasteiger partial charge in [-0.2, -0.15) is 5.10 Å². The molecule has 29 heavy (non-hydrogen) atoms. The number of fused-ring (bicyclic) bond motifs is 2. The van der Waals surface area contributed by atoms with Crippen LogP contribution in [0.5, 0.6) is 11.5 Å². The van der Waals surface area contributed by atoms with Crippen molar-refractivity contribution in [3.05, 3.63) is 59.3 Å². The number of H-pyrrole nitrogens is 2. The maximum atomic E-state index is 12.6. The van der Waals surface area contributed by atoms with Crippen molar-refractivity contribution in [2.75, 3.05) is 14.2 Å². The van der Waals surface area contributed by atoms with E-state index in [-0.39, 0.29) is 5.69 Å². The average molecular weight is 388 g/mol. The van der Waals surface area contributed by atoms with E-state index in [4.69, 9.17) is 9.47 Å². The first-order valence-electron chi connectivity index (χ1n) is 8.81. The number of nitrogens with zero attached hydrogens (tertiary/aromatic N) is 4. The largest absolute Gasteiger partial charge is 0.493 e. The summed E-state index contributed by atoms with van der Waals surface area (Å²) in [4.78, 5) is 24.4. The highest BCUT2D eigenvalue weighted by molar-refractivity contribution is 5.81. The molecule has 0 atom stereocenters. The Balaban J connectivity index is 1.69. The molecular formula is C20H16N6O3. The molecule has 0 unspecified atom stereocenters. The minimum Gasteiger partial charge on any atom is -0.493 e. The van der Waals surface area contributed by atoms with Gasteiger partial charge in [-0.15, -0.1) is 0 Å². The summed E-state index contributed by atoms with van der Waals surface area (Å²) >= 11 is 0. The van der Waals surface area contributed by atoms with Gasteiger partial charge in [-0.1, -0.05) is 0 Å².